The quantitative estimate of drug-likeness (QED) is 0.786. The molecule has 0 heterocycles. The lowest BCUT2D eigenvalue weighted by Crippen LogP contribution is -2.14. The Morgan fingerprint density at radius 1 is 1.00 bits per heavy atom. The van der Waals surface area contributed by atoms with Gasteiger partial charge in [-0.05, 0) is 31.5 Å². The lowest BCUT2D eigenvalue weighted by molar-refractivity contribution is -0.116. The highest BCUT2D eigenvalue weighted by atomic mass is 16.5. The lowest BCUT2D eigenvalue weighted by atomic mass is 10.0. The Morgan fingerprint density at radius 2 is 1.70 bits per heavy atom. The molecule has 0 fully saturated rings. The minimum atomic E-state index is -0.195. The first-order valence-electron chi connectivity index (χ1n) is 7.72. The van der Waals surface area contributed by atoms with E-state index in [9.17, 15) is 9.59 Å². The summed E-state index contributed by atoms with van der Waals surface area (Å²) in [5.74, 6) is 0.420. The molecule has 120 valence electrons. The predicted octanol–water partition coefficient (Wildman–Crippen LogP) is 4.00. The number of amides is 1. The molecule has 2 aromatic carbocycles. The fourth-order valence-electron chi connectivity index (χ4n) is 2.31. The standard InChI is InChI=1S/C19H21NO3/c1-3-23-18-11-7-6-10-16(18)20-19(22)13-12-17(21)15-9-5-4-8-14(15)2/h4-11H,3,12-13H2,1-2H3,(H,20,22). The van der Waals surface area contributed by atoms with Gasteiger partial charge in [-0.1, -0.05) is 36.4 Å². The van der Waals surface area contributed by atoms with Crippen molar-refractivity contribution in [2.75, 3.05) is 11.9 Å². The molecule has 4 heteroatoms. The summed E-state index contributed by atoms with van der Waals surface area (Å²) in [5.41, 5.74) is 2.23. The zero-order chi connectivity index (χ0) is 16.7. The van der Waals surface area contributed by atoms with Gasteiger partial charge < -0.3 is 10.1 Å². The zero-order valence-electron chi connectivity index (χ0n) is 13.5. The highest BCUT2D eigenvalue weighted by Gasteiger charge is 2.12. The Morgan fingerprint density at radius 3 is 2.43 bits per heavy atom. The van der Waals surface area contributed by atoms with Crippen molar-refractivity contribution in [2.45, 2.75) is 26.7 Å². The first-order valence-corrected chi connectivity index (χ1v) is 7.72. The Labute approximate surface area is 136 Å². The molecule has 23 heavy (non-hydrogen) atoms. The second-order valence-corrected chi connectivity index (χ2v) is 5.22. The van der Waals surface area contributed by atoms with E-state index in [1.807, 2.05) is 44.2 Å². The number of ketones is 1. The first kappa shape index (κ1) is 16.7. The van der Waals surface area contributed by atoms with Gasteiger partial charge in [-0.15, -0.1) is 0 Å². The average Bonchev–Trinajstić information content (AvgIpc) is 2.55. The molecular weight excluding hydrogens is 290 g/mol. The van der Waals surface area contributed by atoms with Gasteiger partial charge in [-0.2, -0.15) is 0 Å². The maximum Gasteiger partial charge on any atom is 0.224 e. The number of aryl methyl sites for hydroxylation is 1. The van der Waals surface area contributed by atoms with Gasteiger partial charge in [-0.3, -0.25) is 9.59 Å². The number of nitrogens with one attached hydrogen (secondary N) is 1. The van der Waals surface area contributed by atoms with Crippen LogP contribution < -0.4 is 10.1 Å². The van der Waals surface area contributed by atoms with Crippen molar-refractivity contribution in [3.63, 3.8) is 0 Å². The number of rotatable bonds is 7. The summed E-state index contributed by atoms with van der Waals surface area (Å²) in [7, 11) is 0. The van der Waals surface area contributed by atoms with Gasteiger partial charge in [0.05, 0.1) is 12.3 Å². The topological polar surface area (TPSA) is 55.4 Å². The summed E-state index contributed by atoms with van der Waals surface area (Å²) in [6.45, 7) is 4.31. The monoisotopic (exact) mass is 311 g/mol. The van der Waals surface area contributed by atoms with E-state index >= 15 is 0 Å². The van der Waals surface area contributed by atoms with Crippen LogP contribution in [0.5, 0.6) is 5.75 Å². The Bertz CT molecular complexity index is 695. The van der Waals surface area contributed by atoms with Crippen molar-refractivity contribution >= 4 is 17.4 Å². The zero-order valence-corrected chi connectivity index (χ0v) is 13.5. The van der Waals surface area contributed by atoms with Crippen LogP contribution in [0.1, 0.15) is 35.7 Å². The second-order valence-electron chi connectivity index (χ2n) is 5.22. The van der Waals surface area contributed by atoms with Crippen molar-refractivity contribution in [3.05, 3.63) is 59.7 Å². The fourth-order valence-corrected chi connectivity index (χ4v) is 2.31. The second kappa shape index (κ2) is 8.13. The molecular formula is C19H21NO3. The molecule has 0 aliphatic rings. The number of Topliss-reactive ketones (excluding diaryl/α,β-unsaturated/α-hetero) is 1. The molecule has 0 aromatic heterocycles. The molecule has 1 amide bonds. The van der Waals surface area contributed by atoms with E-state index in [4.69, 9.17) is 4.74 Å². The molecule has 0 radical (unpaired) electrons. The van der Waals surface area contributed by atoms with E-state index < -0.39 is 0 Å². The van der Waals surface area contributed by atoms with Gasteiger partial charge in [-0.25, -0.2) is 0 Å². The molecule has 0 spiro atoms. The van der Waals surface area contributed by atoms with Crippen LogP contribution in [0.4, 0.5) is 5.69 Å². The predicted molar refractivity (Wildman–Crippen MR) is 91.0 cm³/mol. The number of ether oxygens (including phenoxy) is 1. The van der Waals surface area contributed by atoms with E-state index in [-0.39, 0.29) is 24.5 Å². The van der Waals surface area contributed by atoms with Crippen molar-refractivity contribution < 1.29 is 14.3 Å². The van der Waals surface area contributed by atoms with Crippen LogP contribution in [0.3, 0.4) is 0 Å². The van der Waals surface area contributed by atoms with E-state index in [0.717, 1.165) is 5.56 Å². The van der Waals surface area contributed by atoms with Crippen LogP contribution in [0.15, 0.2) is 48.5 Å². The van der Waals surface area contributed by atoms with E-state index in [1.54, 1.807) is 18.2 Å². The van der Waals surface area contributed by atoms with E-state index in [1.165, 1.54) is 0 Å². The number of carbonyl (C=O) groups is 2. The summed E-state index contributed by atoms with van der Waals surface area (Å²) in [6.07, 6.45) is 0.334. The summed E-state index contributed by atoms with van der Waals surface area (Å²) in [6, 6.07) is 14.7. The van der Waals surface area contributed by atoms with Gasteiger partial charge in [0.15, 0.2) is 5.78 Å². The smallest absolute Gasteiger partial charge is 0.224 e. The Balaban J connectivity index is 1.93. The third-order valence-electron chi connectivity index (χ3n) is 3.49. The van der Waals surface area contributed by atoms with Gasteiger partial charge in [0.1, 0.15) is 5.75 Å². The summed E-state index contributed by atoms with van der Waals surface area (Å²) < 4.78 is 5.47. The van der Waals surface area contributed by atoms with Crippen molar-refractivity contribution in [1.82, 2.24) is 0 Å². The van der Waals surface area contributed by atoms with Crippen LogP contribution in [-0.2, 0) is 4.79 Å². The number of hydrogen-bond donors (Lipinski definition) is 1. The maximum absolute atomic E-state index is 12.2. The number of benzene rings is 2. The summed E-state index contributed by atoms with van der Waals surface area (Å²) in [5, 5.41) is 2.80. The first-order chi connectivity index (χ1) is 11.1. The van der Waals surface area contributed by atoms with Crippen LogP contribution in [0, 0.1) is 6.92 Å². The van der Waals surface area contributed by atoms with Crippen LogP contribution >= 0.6 is 0 Å². The van der Waals surface area contributed by atoms with Gasteiger partial charge in [0, 0.05) is 18.4 Å². The number of para-hydroxylation sites is 2. The number of anilines is 1. The number of hydrogen-bond acceptors (Lipinski definition) is 3. The molecule has 2 rings (SSSR count). The highest BCUT2D eigenvalue weighted by Crippen LogP contribution is 2.24. The molecule has 0 saturated heterocycles. The highest BCUT2D eigenvalue weighted by molar-refractivity contribution is 6.01. The van der Waals surface area contributed by atoms with Crippen LogP contribution in [0.25, 0.3) is 0 Å². The Hall–Kier alpha value is -2.62. The van der Waals surface area contributed by atoms with Gasteiger partial charge in [0.2, 0.25) is 5.91 Å². The molecule has 0 atom stereocenters. The fraction of sp³-hybridized carbons (Fsp3) is 0.263. The van der Waals surface area contributed by atoms with Crippen LogP contribution in [0.2, 0.25) is 0 Å². The van der Waals surface area contributed by atoms with E-state index in [0.29, 0.717) is 23.6 Å². The third kappa shape index (κ3) is 4.68. The molecule has 0 bridgehead atoms. The molecule has 0 saturated carbocycles. The summed E-state index contributed by atoms with van der Waals surface area (Å²) >= 11 is 0. The summed E-state index contributed by atoms with van der Waals surface area (Å²) in [4.78, 5) is 24.3. The van der Waals surface area contributed by atoms with Gasteiger partial charge >= 0.3 is 0 Å². The molecule has 2 aromatic rings. The number of carbonyl (C=O) groups excluding carboxylic acids is 2. The van der Waals surface area contributed by atoms with Crippen molar-refractivity contribution in [1.29, 1.82) is 0 Å². The molecule has 1 N–H and O–H groups in total. The maximum atomic E-state index is 12.2. The molecule has 4 nitrogen and oxygen atoms in total. The average molecular weight is 311 g/mol. The minimum Gasteiger partial charge on any atom is -0.492 e. The van der Waals surface area contributed by atoms with Crippen molar-refractivity contribution in [3.8, 4) is 5.75 Å². The minimum absolute atomic E-state index is 0.0173. The largest absolute Gasteiger partial charge is 0.492 e. The van der Waals surface area contributed by atoms with Crippen LogP contribution in [-0.4, -0.2) is 18.3 Å². The lowest BCUT2D eigenvalue weighted by Gasteiger charge is -2.11. The van der Waals surface area contributed by atoms with E-state index in [2.05, 4.69) is 5.32 Å². The molecule has 0 aliphatic carbocycles. The SMILES string of the molecule is CCOc1ccccc1NC(=O)CCC(=O)c1ccccc1C. The van der Waals surface area contributed by atoms with Crippen molar-refractivity contribution in [2.24, 2.45) is 0 Å². The third-order valence-corrected chi connectivity index (χ3v) is 3.49. The molecule has 0 unspecified atom stereocenters. The normalized spacial score (nSPS) is 10.2. The Kier molecular flexibility index (Phi) is 5.92. The molecule has 0 aliphatic heterocycles. The van der Waals surface area contributed by atoms with Gasteiger partial charge in [0.25, 0.3) is 0 Å².